The molecule has 21 heavy (non-hydrogen) atoms. The lowest BCUT2D eigenvalue weighted by Crippen LogP contribution is -2.38. The average Bonchev–Trinajstić information content (AvgIpc) is 2.44. The zero-order valence-corrected chi connectivity index (χ0v) is 14.6. The molecule has 0 fully saturated rings. The van der Waals surface area contributed by atoms with Crippen molar-refractivity contribution in [2.45, 2.75) is 33.1 Å². The van der Waals surface area contributed by atoms with Gasteiger partial charge in [0.15, 0.2) is 5.96 Å². The van der Waals surface area contributed by atoms with Crippen molar-refractivity contribution in [3.63, 3.8) is 0 Å². The molecule has 0 unspecified atom stereocenters. The molecule has 0 heterocycles. The van der Waals surface area contributed by atoms with Crippen molar-refractivity contribution in [3.8, 4) is 0 Å². The summed E-state index contributed by atoms with van der Waals surface area (Å²) in [6.45, 7) is 6.20. The lowest BCUT2D eigenvalue weighted by atomic mass is 10.1. The number of benzene rings is 1. The van der Waals surface area contributed by atoms with Gasteiger partial charge in [-0.2, -0.15) is 11.8 Å². The molecule has 0 saturated heterocycles. The third-order valence-corrected chi connectivity index (χ3v) is 3.98. The molecular formula is C17H29N3S. The molecule has 0 saturated carbocycles. The number of hydrogen-bond donors (Lipinski definition) is 2. The minimum Gasteiger partial charge on any atom is -0.356 e. The second kappa shape index (κ2) is 10.6. The number of aryl methyl sites for hydroxylation is 2. The van der Waals surface area contributed by atoms with Crippen molar-refractivity contribution < 1.29 is 0 Å². The van der Waals surface area contributed by atoms with Crippen LogP contribution in [0.5, 0.6) is 0 Å². The fourth-order valence-electron chi connectivity index (χ4n) is 2.34. The number of thioether (sulfide) groups is 1. The second-order valence-electron chi connectivity index (χ2n) is 5.37. The van der Waals surface area contributed by atoms with E-state index in [1.54, 1.807) is 0 Å². The van der Waals surface area contributed by atoms with Gasteiger partial charge in [-0.15, -0.1) is 0 Å². The standard InChI is InChI=1S/C17H29N3S/c1-14-11-15(2)13-16(12-14)7-9-20-17(18-3)19-8-5-6-10-21-4/h11-13H,5-10H2,1-4H3,(H2,18,19,20). The molecule has 3 nitrogen and oxygen atoms in total. The Morgan fingerprint density at radius 3 is 2.33 bits per heavy atom. The van der Waals surface area contributed by atoms with Gasteiger partial charge in [0, 0.05) is 20.1 Å². The van der Waals surface area contributed by atoms with Crippen LogP contribution in [0.2, 0.25) is 0 Å². The van der Waals surface area contributed by atoms with Crippen molar-refractivity contribution in [1.29, 1.82) is 0 Å². The number of nitrogens with one attached hydrogen (secondary N) is 2. The molecule has 0 aliphatic rings. The molecule has 0 bridgehead atoms. The number of guanidine groups is 1. The van der Waals surface area contributed by atoms with Gasteiger partial charge in [-0.05, 0) is 50.7 Å². The van der Waals surface area contributed by atoms with Crippen molar-refractivity contribution >= 4 is 17.7 Å². The first-order valence-corrected chi connectivity index (χ1v) is 9.05. The summed E-state index contributed by atoms with van der Waals surface area (Å²) in [7, 11) is 1.83. The fourth-order valence-corrected chi connectivity index (χ4v) is 2.83. The summed E-state index contributed by atoms with van der Waals surface area (Å²) in [5.74, 6) is 2.14. The van der Waals surface area contributed by atoms with Crippen LogP contribution < -0.4 is 10.6 Å². The maximum atomic E-state index is 4.26. The zero-order chi connectivity index (χ0) is 15.5. The Bertz CT molecular complexity index is 423. The summed E-state index contributed by atoms with van der Waals surface area (Å²) in [5, 5.41) is 6.75. The average molecular weight is 308 g/mol. The summed E-state index contributed by atoms with van der Waals surface area (Å²) < 4.78 is 0. The first-order chi connectivity index (χ1) is 10.2. The second-order valence-corrected chi connectivity index (χ2v) is 6.36. The van der Waals surface area contributed by atoms with Gasteiger partial charge in [0.1, 0.15) is 0 Å². The quantitative estimate of drug-likeness (QED) is 0.440. The van der Waals surface area contributed by atoms with Crippen LogP contribution in [-0.2, 0) is 6.42 Å². The highest BCUT2D eigenvalue weighted by Crippen LogP contribution is 2.08. The molecule has 4 heteroatoms. The number of hydrogen-bond acceptors (Lipinski definition) is 2. The fraction of sp³-hybridized carbons (Fsp3) is 0.588. The van der Waals surface area contributed by atoms with Crippen LogP contribution in [0, 0.1) is 13.8 Å². The van der Waals surface area contributed by atoms with Gasteiger partial charge >= 0.3 is 0 Å². The van der Waals surface area contributed by atoms with E-state index < -0.39 is 0 Å². The van der Waals surface area contributed by atoms with Crippen molar-refractivity contribution in [2.24, 2.45) is 4.99 Å². The smallest absolute Gasteiger partial charge is 0.190 e. The van der Waals surface area contributed by atoms with E-state index in [1.165, 1.54) is 35.3 Å². The third kappa shape index (κ3) is 8.00. The predicted molar refractivity (Wildman–Crippen MR) is 96.6 cm³/mol. The van der Waals surface area contributed by atoms with Crippen LogP contribution in [-0.4, -0.2) is 38.1 Å². The molecule has 1 aromatic rings. The van der Waals surface area contributed by atoms with E-state index in [2.05, 4.69) is 53.9 Å². The number of unbranched alkanes of at least 4 members (excludes halogenated alkanes) is 1. The van der Waals surface area contributed by atoms with E-state index in [4.69, 9.17) is 0 Å². The van der Waals surface area contributed by atoms with E-state index in [0.717, 1.165) is 25.5 Å². The predicted octanol–water partition coefficient (Wildman–Crippen LogP) is 3.15. The lowest BCUT2D eigenvalue weighted by Gasteiger charge is -2.12. The Kier molecular flexibility index (Phi) is 8.99. The van der Waals surface area contributed by atoms with E-state index in [0.29, 0.717) is 0 Å². The monoisotopic (exact) mass is 307 g/mol. The van der Waals surface area contributed by atoms with E-state index >= 15 is 0 Å². The van der Waals surface area contributed by atoms with Gasteiger partial charge in [-0.25, -0.2) is 0 Å². The maximum absolute atomic E-state index is 4.26. The van der Waals surface area contributed by atoms with Crippen LogP contribution in [0.4, 0.5) is 0 Å². The lowest BCUT2D eigenvalue weighted by molar-refractivity contribution is 0.730. The van der Waals surface area contributed by atoms with Crippen molar-refractivity contribution in [2.75, 3.05) is 32.1 Å². The first-order valence-electron chi connectivity index (χ1n) is 7.66. The first kappa shape index (κ1) is 17.9. The Balaban J connectivity index is 2.25. The van der Waals surface area contributed by atoms with Crippen LogP contribution in [0.3, 0.4) is 0 Å². The molecule has 0 atom stereocenters. The van der Waals surface area contributed by atoms with Crippen molar-refractivity contribution in [3.05, 3.63) is 34.9 Å². The van der Waals surface area contributed by atoms with Crippen LogP contribution in [0.25, 0.3) is 0 Å². The molecule has 0 aromatic heterocycles. The molecule has 1 aromatic carbocycles. The molecular weight excluding hydrogens is 278 g/mol. The molecule has 0 spiro atoms. The Morgan fingerprint density at radius 1 is 1.05 bits per heavy atom. The highest BCUT2D eigenvalue weighted by Gasteiger charge is 1.99. The topological polar surface area (TPSA) is 36.4 Å². The minimum absolute atomic E-state index is 0.906. The van der Waals surface area contributed by atoms with E-state index in [1.807, 2.05) is 18.8 Å². The molecule has 0 radical (unpaired) electrons. The Morgan fingerprint density at radius 2 is 1.71 bits per heavy atom. The summed E-state index contributed by atoms with van der Waals surface area (Å²) >= 11 is 1.91. The van der Waals surface area contributed by atoms with Gasteiger partial charge in [-0.1, -0.05) is 29.3 Å². The van der Waals surface area contributed by atoms with E-state index in [-0.39, 0.29) is 0 Å². The molecule has 1 rings (SSSR count). The number of aliphatic imine (C=N–C) groups is 1. The summed E-state index contributed by atoms with van der Waals surface area (Å²) in [6.07, 6.45) is 5.63. The minimum atomic E-state index is 0.906. The number of nitrogens with zero attached hydrogens (tertiary/aromatic N) is 1. The van der Waals surface area contributed by atoms with Gasteiger partial charge in [-0.3, -0.25) is 4.99 Å². The molecule has 0 aliphatic heterocycles. The molecule has 0 amide bonds. The zero-order valence-electron chi connectivity index (χ0n) is 13.8. The highest BCUT2D eigenvalue weighted by molar-refractivity contribution is 7.98. The normalized spacial score (nSPS) is 11.5. The highest BCUT2D eigenvalue weighted by atomic mass is 32.2. The van der Waals surface area contributed by atoms with Gasteiger partial charge in [0.25, 0.3) is 0 Å². The summed E-state index contributed by atoms with van der Waals surface area (Å²) in [4.78, 5) is 4.26. The largest absolute Gasteiger partial charge is 0.356 e. The van der Waals surface area contributed by atoms with E-state index in [9.17, 15) is 0 Å². The van der Waals surface area contributed by atoms with Gasteiger partial charge in [0.05, 0.1) is 0 Å². The number of rotatable bonds is 8. The van der Waals surface area contributed by atoms with Gasteiger partial charge < -0.3 is 10.6 Å². The van der Waals surface area contributed by atoms with Crippen LogP contribution >= 0.6 is 11.8 Å². The molecule has 2 N–H and O–H groups in total. The van der Waals surface area contributed by atoms with Gasteiger partial charge in [0.2, 0.25) is 0 Å². The van der Waals surface area contributed by atoms with Crippen molar-refractivity contribution in [1.82, 2.24) is 10.6 Å². The SMILES string of the molecule is CN=C(NCCCCSC)NCCc1cc(C)cc(C)c1. The van der Waals surface area contributed by atoms with Crippen LogP contribution in [0.1, 0.15) is 29.5 Å². The molecule has 0 aliphatic carbocycles. The Labute approximate surface area is 134 Å². The van der Waals surface area contributed by atoms with Crippen LogP contribution in [0.15, 0.2) is 23.2 Å². The maximum Gasteiger partial charge on any atom is 0.190 e. The summed E-state index contributed by atoms with van der Waals surface area (Å²) in [5.41, 5.74) is 4.05. The molecule has 118 valence electrons. The third-order valence-electron chi connectivity index (χ3n) is 3.28. The summed E-state index contributed by atoms with van der Waals surface area (Å²) in [6, 6.07) is 6.73. The Hall–Kier alpha value is -1.16.